The van der Waals surface area contributed by atoms with E-state index < -0.39 is 29.6 Å². The lowest BCUT2D eigenvalue weighted by atomic mass is 9.85. The molecule has 1 aliphatic heterocycles. The van der Waals surface area contributed by atoms with Crippen molar-refractivity contribution in [3.05, 3.63) is 0 Å². The molecule has 0 aromatic heterocycles. The van der Waals surface area contributed by atoms with Crippen molar-refractivity contribution in [3.63, 3.8) is 0 Å². The number of carbonyl (C=O) groups is 3. The van der Waals surface area contributed by atoms with Crippen LogP contribution < -0.4 is 5.32 Å². The summed E-state index contributed by atoms with van der Waals surface area (Å²) in [5.41, 5.74) is -0.492. The molecule has 1 heterocycles. The highest BCUT2D eigenvalue weighted by Crippen LogP contribution is 2.65. The molecule has 2 fully saturated rings. The minimum Gasteiger partial charge on any atom is -0.467 e. The zero-order valence-electron chi connectivity index (χ0n) is 16.2. The fourth-order valence-corrected chi connectivity index (χ4v) is 4.01. The first-order valence-electron chi connectivity index (χ1n) is 8.78. The fourth-order valence-electron chi connectivity index (χ4n) is 4.01. The van der Waals surface area contributed by atoms with E-state index in [1.165, 1.54) is 7.11 Å². The predicted octanol–water partition coefficient (Wildman–Crippen LogP) is 1.80. The Bertz CT molecular complexity index is 566. The highest BCUT2D eigenvalue weighted by atomic mass is 16.5. The summed E-state index contributed by atoms with van der Waals surface area (Å²) < 4.78 is 9.87. The van der Waals surface area contributed by atoms with E-state index in [2.05, 4.69) is 19.2 Å². The molecule has 0 aromatic carbocycles. The van der Waals surface area contributed by atoms with Gasteiger partial charge in [0.2, 0.25) is 5.91 Å². The van der Waals surface area contributed by atoms with Crippen molar-refractivity contribution in [3.8, 4) is 0 Å². The second-order valence-corrected chi connectivity index (χ2v) is 8.58. The monoisotopic (exact) mass is 354 g/mol. The number of rotatable bonds is 4. The van der Waals surface area contributed by atoms with Gasteiger partial charge >= 0.3 is 12.1 Å². The van der Waals surface area contributed by atoms with Crippen LogP contribution in [-0.4, -0.2) is 55.2 Å². The van der Waals surface area contributed by atoms with Crippen LogP contribution in [0.15, 0.2) is 0 Å². The maximum atomic E-state index is 13.2. The Hall–Kier alpha value is -1.79. The lowest BCUT2D eigenvalue weighted by molar-refractivity contribution is -0.154. The maximum absolute atomic E-state index is 13.2. The highest BCUT2D eigenvalue weighted by Gasteiger charge is 2.70. The van der Waals surface area contributed by atoms with E-state index in [0.717, 1.165) is 0 Å². The Balaban J connectivity index is 2.23. The van der Waals surface area contributed by atoms with Crippen molar-refractivity contribution in [1.29, 1.82) is 0 Å². The number of likely N-dealkylation sites (tertiary alicyclic amines) is 1. The summed E-state index contributed by atoms with van der Waals surface area (Å²) in [6.45, 7) is 12.3. The molecule has 1 saturated heterocycles. The lowest BCUT2D eigenvalue weighted by Crippen LogP contribution is -2.58. The molecule has 0 bridgehead atoms. The Kier molecular flexibility index (Phi) is 5.08. The molecule has 2 amide bonds. The molecule has 7 heteroatoms. The molecule has 4 atom stereocenters. The third-order valence-corrected chi connectivity index (χ3v) is 5.58. The van der Waals surface area contributed by atoms with E-state index in [1.54, 1.807) is 11.8 Å². The van der Waals surface area contributed by atoms with Crippen molar-refractivity contribution in [2.75, 3.05) is 20.3 Å². The van der Waals surface area contributed by atoms with Crippen molar-refractivity contribution in [2.45, 2.75) is 53.6 Å². The molecule has 2 rings (SSSR count). The lowest BCUT2D eigenvalue weighted by Gasteiger charge is -2.36. The van der Waals surface area contributed by atoms with Gasteiger partial charge in [0.15, 0.2) is 0 Å². The molecule has 1 saturated carbocycles. The zero-order chi connectivity index (χ0) is 19.2. The molecule has 1 N–H and O–H groups in total. The Morgan fingerprint density at radius 3 is 2.36 bits per heavy atom. The number of hydrogen-bond acceptors (Lipinski definition) is 5. The minimum absolute atomic E-state index is 0.0292. The van der Waals surface area contributed by atoms with Gasteiger partial charge in [0, 0.05) is 12.5 Å². The van der Waals surface area contributed by atoms with Crippen LogP contribution in [0.3, 0.4) is 0 Å². The number of carbonyl (C=O) groups excluding carboxylic acids is 3. The van der Waals surface area contributed by atoms with Crippen molar-refractivity contribution in [2.24, 2.45) is 22.7 Å². The number of nitrogens with zero attached hydrogens (tertiary/aromatic N) is 1. The minimum atomic E-state index is -0.778. The zero-order valence-corrected chi connectivity index (χ0v) is 16.2. The second kappa shape index (κ2) is 6.50. The Morgan fingerprint density at radius 2 is 1.88 bits per heavy atom. The van der Waals surface area contributed by atoms with E-state index in [4.69, 9.17) is 9.47 Å². The average molecular weight is 354 g/mol. The number of ether oxygens (including phenoxy) is 2. The predicted molar refractivity (Wildman–Crippen MR) is 91.7 cm³/mol. The van der Waals surface area contributed by atoms with Crippen LogP contribution >= 0.6 is 0 Å². The summed E-state index contributed by atoms with van der Waals surface area (Å²) in [6.07, 6.45) is -0.630. The summed E-state index contributed by atoms with van der Waals surface area (Å²) in [5.74, 6) is -0.273. The van der Waals surface area contributed by atoms with Gasteiger partial charge in [-0.2, -0.15) is 0 Å². The smallest absolute Gasteiger partial charge is 0.407 e. The molecule has 7 nitrogen and oxygen atoms in total. The normalized spacial score (nSPS) is 28.0. The summed E-state index contributed by atoms with van der Waals surface area (Å²) in [6, 6.07) is -1.37. The third-order valence-electron chi connectivity index (χ3n) is 5.58. The van der Waals surface area contributed by atoms with Gasteiger partial charge in [-0.1, -0.05) is 34.6 Å². The third kappa shape index (κ3) is 3.46. The number of nitrogens with one attached hydrogen (secondary N) is 1. The first kappa shape index (κ1) is 19.5. The largest absolute Gasteiger partial charge is 0.467 e. The van der Waals surface area contributed by atoms with Gasteiger partial charge in [-0.15, -0.1) is 0 Å². The summed E-state index contributed by atoms with van der Waals surface area (Å²) in [7, 11) is 1.34. The van der Waals surface area contributed by atoms with Gasteiger partial charge in [0.1, 0.15) is 12.1 Å². The Morgan fingerprint density at radius 1 is 1.28 bits per heavy atom. The number of methoxy groups -OCH3 is 1. The number of amides is 2. The number of fused-ring (bicyclic) bond motifs is 1. The number of hydrogen-bond donors (Lipinski definition) is 1. The Labute approximate surface area is 149 Å². The molecule has 0 spiro atoms. The molecule has 2 aliphatic rings. The topological polar surface area (TPSA) is 84.9 Å². The summed E-state index contributed by atoms with van der Waals surface area (Å²) in [5, 5.41) is 2.66. The van der Waals surface area contributed by atoms with E-state index >= 15 is 0 Å². The molecule has 0 radical (unpaired) electrons. The van der Waals surface area contributed by atoms with Crippen LogP contribution in [0.4, 0.5) is 4.79 Å². The quantitative estimate of drug-likeness (QED) is 0.778. The first-order chi connectivity index (χ1) is 11.5. The molecular formula is C18H30N2O5. The second-order valence-electron chi connectivity index (χ2n) is 8.58. The van der Waals surface area contributed by atoms with Gasteiger partial charge in [-0.25, -0.2) is 9.59 Å². The van der Waals surface area contributed by atoms with Gasteiger partial charge in [-0.05, 0) is 23.7 Å². The van der Waals surface area contributed by atoms with Crippen LogP contribution in [-0.2, 0) is 19.1 Å². The molecule has 0 unspecified atom stereocenters. The molecule has 0 aromatic rings. The van der Waals surface area contributed by atoms with Gasteiger partial charge in [0.05, 0.1) is 13.7 Å². The molecule has 25 heavy (non-hydrogen) atoms. The molecular weight excluding hydrogens is 324 g/mol. The highest BCUT2D eigenvalue weighted by molar-refractivity contribution is 5.91. The maximum Gasteiger partial charge on any atom is 0.407 e. The SMILES string of the molecule is CCOC(=O)N[C@H](C(=O)N1C[C@H]2[C@@H]([C@H]1C(=O)OC)C2(C)C)C(C)(C)C. The van der Waals surface area contributed by atoms with Gasteiger partial charge in [0.25, 0.3) is 0 Å². The van der Waals surface area contributed by atoms with Crippen LogP contribution in [0.1, 0.15) is 41.5 Å². The van der Waals surface area contributed by atoms with Crippen molar-refractivity contribution >= 4 is 18.0 Å². The summed E-state index contributed by atoms with van der Waals surface area (Å²) >= 11 is 0. The first-order valence-corrected chi connectivity index (χ1v) is 8.78. The van der Waals surface area contributed by atoms with Crippen LogP contribution in [0.5, 0.6) is 0 Å². The van der Waals surface area contributed by atoms with Gasteiger partial charge in [-0.3, -0.25) is 4.79 Å². The van der Waals surface area contributed by atoms with E-state index in [-0.39, 0.29) is 29.8 Å². The number of alkyl carbamates (subject to hydrolysis) is 1. The van der Waals surface area contributed by atoms with E-state index in [0.29, 0.717) is 6.54 Å². The fraction of sp³-hybridized carbons (Fsp3) is 0.833. The summed E-state index contributed by atoms with van der Waals surface area (Å²) in [4.78, 5) is 39.0. The molecule has 142 valence electrons. The van der Waals surface area contributed by atoms with Crippen molar-refractivity contribution in [1.82, 2.24) is 10.2 Å². The standard InChI is InChI=1S/C18H30N2O5/c1-8-25-16(23)19-13(17(2,3)4)14(21)20-9-10-11(18(10,5)6)12(20)15(22)24-7/h10-13H,8-9H2,1-7H3,(H,19,23)/t10-,11-,12-,13+/m0/s1. The van der Waals surface area contributed by atoms with Crippen molar-refractivity contribution < 1.29 is 23.9 Å². The van der Waals surface area contributed by atoms with Crippen LogP contribution in [0.2, 0.25) is 0 Å². The van der Waals surface area contributed by atoms with Crippen LogP contribution in [0, 0.1) is 22.7 Å². The van der Waals surface area contributed by atoms with Crippen LogP contribution in [0.25, 0.3) is 0 Å². The number of piperidine rings is 1. The van der Waals surface area contributed by atoms with Gasteiger partial charge < -0.3 is 19.7 Å². The molecule has 1 aliphatic carbocycles. The van der Waals surface area contributed by atoms with E-state index in [9.17, 15) is 14.4 Å². The average Bonchev–Trinajstić information content (AvgIpc) is 2.87. The van der Waals surface area contributed by atoms with E-state index in [1.807, 2.05) is 20.8 Å². The number of esters is 1.